The summed E-state index contributed by atoms with van der Waals surface area (Å²) in [7, 11) is 0. The number of aliphatic hydroxyl groups is 1. The largest absolute Gasteiger partial charge is 0.490 e. The van der Waals surface area contributed by atoms with Crippen molar-refractivity contribution in [2.45, 2.75) is 38.7 Å². The van der Waals surface area contributed by atoms with Crippen LogP contribution in [0.25, 0.3) is 10.9 Å². The van der Waals surface area contributed by atoms with Gasteiger partial charge >= 0.3 is 0 Å². The topological polar surface area (TPSA) is 63.6 Å². The third-order valence-corrected chi connectivity index (χ3v) is 4.30. The third-order valence-electron chi connectivity index (χ3n) is 4.30. The number of fused-ring (bicyclic) bond motifs is 1. The highest BCUT2D eigenvalue weighted by Gasteiger charge is 2.34. The van der Waals surface area contributed by atoms with Crippen LogP contribution in [0, 0.1) is 0 Å². The SMILES string of the molecule is CCOc1cc2nccc(NCC3(O)CCC3)c2cc1OCC. The Kier molecular flexibility index (Phi) is 4.57. The van der Waals surface area contributed by atoms with E-state index in [2.05, 4.69) is 10.3 Å². The summed E-state index contributed by atoms with van der Waals surface area (Å²) < 4.78 is 11.4. The number of anilines is 1. The highest BCUT2D eigenvalue weighted by molar-refractivity contribution is 5.93. The molecule has 1 fully saturated rings. The Labute approximate surface area is 136 Å². The van der Waals surface area contributed by atoms with E-state index in [1.54, 1.807) is 6.20 Å². The van der Waals surface area contributed by atoms with E-state index in [0.29, 0.717) is 25.5 Å². The molecular formula is C18H24N2O3. The van der Waals surface area contributed by atoms with Gasteiger partial charge in [-0.2, -0.15) is 0 Å². The molecule has 0 saturated heterocycles. The van der Waals surface area contributed by atoms with Crippen molar-refractivity contribution in [3.8, 4) is 11.5 Å². The number of hydrogen-bond donors (Lipinski definition) is 2. The minimum absolute atomic E-state index is 0.559. The molecule has 0 aliphatic heterocycles. The van der Waals surface area contributed by atoms with Gasteiger partial charge in [-0.1, -0.05) is 0 Å². The zero-order chi connectivity index (χ0) is 16.3. The van der Waals surface area contributed by atoms with E-state index in [9.17, 15) is 5.11 Å². The predicted octanol–water partition coefficient (Wildman–Crippen LogP) is 3.36. The molecule has 1 aromatic carbocycles. The maximum Gasteiger partial charge on any atom is 0.163 e. The molecule has 2 aromatic rings. The van der Waals surface area contributed by atoms with Crippen molar-refractivity contribution in [1.82, 2.24) is 4.98 Å². The van der Waals surface area contributed by atoms with Crippen molar-refractivity contribution < 1.29 is 14.6 Å². The first-order valence-corrected chi connectivity index (χ1v) is 8.30. The first-order valence-electron chi connectivity index (χ1n) is 8.30. The van der Waals surface area contributed by atoms with E-state index in [1.165, 1.54) is 0 Å². The molecule has 1 saturated carbocycles. The van der Waals surface area contributed by atoms with Gasteiger partial charge in [0.25, 0.3) is 0 Å². The van der Waals surface area contributed by atoms with Gasteiger partial charge in [-0.15, -0.1) is 0 Å². The Hall–Kier alpha value is -2.01. The van der Waals surface area contributed by atoms with Crippen LogP contribution in [0.15, 0.2) is 24.4 Å². The van der Waals surface area contributed by atoms with Crippen LogP contribution in [0.4, 0.5) is 5.69 Å². The maximum absolute atomic E-state index is 10.3. The highest BCUT2D eigenvalue weighted by Crippen LogP contribution is 2.36. The molecule has 0 spiro atoms. The summed E-state index contributed by atoms with van der Waals surface area (Å²) in [6.45, 7) is 5.62. The molecule has 124 valence electrons. The molecular weight excluding hydrogens is 292 g/mol. The van der Waals surface area contributed by atoms with Gasteiger partial charge in [0.2, 0.25) is 0 Å². The average molecular weight is 316 g/mol. The van der Waals surface area contributed by atoms with Crippen LogP contribution >= 0.6 is 0 Å². The Balaban J connectivity index is 1.93. The first-order chi connectivity index (χ1) is 11.1. The summed E-state index contributed by atoms with van der Waals surface area (Å²) in [5.74, 6) is 1.43. The van der Waals surface area contributed by atoms with Gasteiger partial charge in [-0.25, -0.2) is 0 Å². The molecule has 5 nitrogen and oxygen atoms in total. The van der Waals surface area contributed by atoms with E-state index in [0.717, 1.165) is 41.6 Å². The number of nitrogens with one attached hydrogen (secondary N) is 1. The molecule has 1 aliphatic carbocycles. The molecule has 0 bridgehead atoms. The lowest BCUT2D eigenvalue weighted by Crippen LogP contribution is -2.43. The Bertz CT molecular complexity index is 683. The summed E-state index contributed by atoms with van der Waals surface area (Å²) in [6.07, 6.45) is 4.59. The van der Waals surface area contributed by atoms with Gasteiger partial charge in [0, 0.05) is 29.9 Å². The fourth-order valence-corrected chi connectivity index (χ4v) is 2.87. The molecule has 3 rings (SSSR count). The Morgan fingerprint density at radius 3 is 2.48 bits per heavy atom. The van der Waals surface area contributed by atoms with Gasteiger partial charge in [0.05, 0.1) is 24.3 Å². The Morgan fingerprint density at radius 1 is 1.17 bits per heavy atom. The number of pyridine rings is 1. The van der Waals surface area contributed by atoms with Crippen molar-refractivity contribution in [1.29, 1.82) is 0 Å². The van der Waals surface area contributed by atoms with Crippen molar-refractivity contribution in [2.75, 3.05) is 25.1 Å². The van der Waals surface area contributed by atoms with Crippen molar-refractivity contribution in [2.24, 2.45) is 0 Å². The number of rotatable bonds is 7. The standard InChI is InChI=1S/C18H24N2O3/c1-3-22-16-10-13-14(20-12-18(21)7-5-8-18)6-9-19-15(13)11-17(16)23-4-2/h6,9-11,21H,3-5,7-8,12H2,1-2H3,(H,19,20). The van der Waals surface area contributed by atoms with Crippen molar-refractivity contribution in [3.63, 3.8) is 0 Å². The second-order valence-electron chi connectivity index (χ2n) is 5.97. The quantitative estimate of drug-likeness (QED) is 0.820. The zero-order valence-electron chi connectivity index (χ0n) is 13.8. The Morgan fingerprint density at radius 2 is 1.87 bits per heavy atom. The van der Waals surface area contributed by atoms with Crippen LogP contribution in [0.3, 0.4) is 0 Å². The van der Waals surface area contributed by atoms with Crippen LogP contribution in [0.2, 0.25) is 0 Å². The van der Waals surface area contributed by atoms with Gasteiger partial charge in [-0.3, -0.25) is 4.98 Å². The molecule has 0 amide bonds. The smallest absolute Gasteiger partial charge is 0.163 e. The fraction of sp³-hybridized carbons (Fsp3) is 0.500. The van der Waals surface area contributed by atoms with Gasteiger partial charge in [0.15, 0.2) is 11.5 Å². The number of hydrogen-bond acceptors (Lipinski definition) is 5. The number of aromatic nitrogens is 1. The number of benzene rings is 1. The molecule has 2 N–H and O–H groups in total. The molecule has 1 aliphatic rings. The lowest BCUT2D eigenvalue weighted by atomic mass is 9.80. The minimum atomic E-state index is -0.566. The molecule has 0 radical (unpaired) electrons. The van der Waals surface area contributed by atoms with Gasteiger partial charge < -0.3 is 19.9 Å². The van der Waals surface area contributed by atoms with E-state index in [4.69, 9.17) is 9.47 Å². The van der Waals surface area contributed by atoms with E-state index >= 15 is 0 Å². The molecule has 0 unspecified atom stereocenters. The summed E-state index contributed by atoms with van der Waals surface area (Å²) in [4.78, 5) is 4.43. The predicted molar refractivity (Wildman–Crippen MR) is 91.4 cm³/mol. The van der Waals surface area contributed by atoms with Crippen LogP contribution in [-0.2, 0) is 0 Å². The third kappa shape index (κ3) is 3.34. The summed E-state index contributed by atoms with van der Waals surface area (Å²) >= 11 is 0. The van der Waals surface area contributed by atoms with Crippen LogP contribution in [0.5, 0.6) is 11.5 Å². The van der Waals surface area contributed by atoms with Crippen LogP contribution in [-0.4, -0.2) is 35.5 Å². The molecule has 23 heavy (non-hydrogen) atoms. The second-order valence-corrected chi connectivity index (χ2v) is 5.97. The number of ether oxygens (including phenoxy) is 2. The summed E-state index contributed by atoms with van der Waals surface area (Å²) in [6, 6.07) is 5.80. The lowest BCUT2D eigenvalue weighted by Gasteiger charge is -2.37. The molecule has 1 aromatic heterocycles. The van der Waals surface area contributed by atoms with Crippen molar-refractivity contribution >= 4 is 16.6 Å². The summed E-state index contributed by atoms with van der Waals surface area (Å²) in [5, 5.41) is 14.6. The normalized spacial score (nSPS) is 16.0. The van der Waals surface area contributed by atoms with Gasteiger partial charge in [0.1, 0.15) is 0 Å². The molecule has 0 atom stereocenters. The first kappa shape index (κ1) is 15.9. The monoisotopic (exact) mass is 316 g/mol. The maximum atomic E-state index is 10.3. The highest BCUT2D eigenvalue weighted by atomic mass is 16.5. The summed E-state index contributed by atoms with van der Waals surface area (Å²) in [5.41, 5.74) is 1.24. The number of nitrogens with zero attached hydrogens (tertiary/aromatic N) is 1. The fourth-order valence-electron chi connectivity index (χ4n) is 2.87. The van der Waals surface area contributed by atoms with Crippen LogP contribution in [0.1, 0.15) is 33.1 Å². The lowest BCUT2D eigenvalue weighted by molar-refractivity contribution is -0.0201. The molecule has 1 heterocycles. The minimum Gasteiger partial charge on any atom is -0.490 e. The second kappa shape index (κ2) is 6.62. The van der Waals surface area contributed by atoms with E-state index in [1.807, 2.05) is 32.0 Å². The van der Waals surface area contributed by atoms with E-state index in [-0.39, 0.29) is 0 Å². The van der Waals surface area contributed by atoms with Gasteiger partial charge in [-0.05, 0) is 45.2 Å². The van der Waals surface area contributed by atoms with E-state index < -0.39 is 5.60 Å². The zero-order valence-corrected chi connectivity index (χ0v) is 13.8. The molecule has 5 heteroatoms. The van der Waals surface area contributed by atoms with Crippen molar-refractivity contribution in [3.05, 3.63) is 24.4 Å². The average Bonchev–Trinajstić information content (AvgIpc) is 2.52. The van der Waals surface area contributed by atoms with Crippen LogP contribution < -0.4 is 14.8 Å².